The molecule has 1 saturated carbocycles. The minimum atomic E-state index is -0.473. The Morgan fingerprint density at radius 2 is 1.88 bits per heavy atom. The highest BCUT2D eigenvalue weighted by Gasteiger charge is 2.39. The van der Waals surface area contributed by atoms with Crippen LogP contribution in [0.15, 0.2) is 24.3 Å². The summed E-state index contributed by atoms with van der Waals surface area (Å²) >= 11 is 1.41. The van der Waals surface area contributed by atoms with Crippen LogP contribution >= 0.6 is 11.3 Å². The number of fused-ring (bicyclic) bond motifs is 1. The maximum absolute atomic E-state index is 13.0. The molecule has 26 heavy (non-hydrogen) atoms. The number of likely N-dealkylation sites (tertiary alicyclic amines) is 1. The first-order chi connectivity index (χ1) is 12.6. The Kier molecular flexibility index (Phi) is 5.05. The molecule has 1 aromatic carbocycles. The molecule has 1 amide bonds. The lowest BCUT2D eigenvalue weighted by atomic mass is 9.83. The van der Waals surface area contributed by atoms with Crippen LogP contribution in [0.3, 0.4) is 0 Å². The fourth-order valence-corrected chi connectivity index (χ4v) is 5.26. The van der Waals surface area contributed by atoms with Crippen LogP contribution in [-0.4, -0.2) is 40.2 Å². The number of thiazole rings is 1. The molecular formula is C20H25N3O2S. The molecule has 1 aliphatic carbocycles. The standard InChI is InChI=1S/C20H25N3O2S/c21-17(13-7-2-1-3-8-13)20(25)23-12-6-10-15(23)18(24)19-22-14-9-4-5-11-16(14)26-19/h4-5,9,11,13,15,17H,1-3,6-8,10,12,21H2/t15-,17-/m0/s1. The SMILES string of the molecule is N[C@H](C(=O)N1CCC[C@H]1C(=O)c1nc2ccccc2s1)C1CCCCC1. The molecule has 1 saturated heterocycles. The van der Waals surface area contributed by atoms with E-state index < -0.39 is 12.1 Å². The van der Waals surface area contributed by atoms with E-state index in [9.17, 15) is 9.59 Å². The molecule has 2 aromatic rings. The zero-order valence-electron chi connectivity index (χ0n) is 14.9. The van der Waals surface area contributed by atoms with Gasteiger partial charge in [-0.1, -0.05) is 31.4 Å². The van der Waals surface area contributed by atoms with Crippen molar-refractivity contribution in [2.75, 3.05) is 6.54 Å². The maximum atomic E-state index is 13.0. The molecule has 0 bridgehead atoms. The predicted molar refractivity (Wildman–Crippen MR) is 103 cm³/mol. The first-order valence-corrected chi connectivity index (χ1v) is 10.4. The van der Waals surface area contributed by atoms with Crippen molar-refractivity contribution in [2.45, 2.75) is 57.0 Å². The highest BCUT2D eigenvalue weighted by molar-refractivity contribution is 7.20. The Hall–Kier alpha value is -1.79. The number of carbonyl (C=O) groups excluding carboxylic acids is 2. The van der Waals surface area contributed by atoms with Gasteiger partial charge < -0.3 is 10.6 Å². The van der Waals surface area contributed by atoms with Gasteiger partial charge in [-0.2, -0.15) is 0 Å². The minimum Gasteiger partial charge on any atom is -0.331 e. The van der Waals surface area contributed by atoms with Gasteiger partial charge in [0.1, 0.15) is 0 Å². The van der Waals surface area contributed by atoms with E-state index in [0.717, 1.165) is 42.3 Å². The van der Waals surface area contributed by atoms with Gasteiger partial charge >= 0.3 is 0 Å². The third kappa shape index (κ3) is 3.28. The van der Waals surface area contributed by atoms with Gasteiger partial charge in [0.05, 0.1) is 22.3 Å². The molecular weight excluding hydrogens is 346 g/mol. The predicted octanol–water partition coefficient (Wildman–Crippen LogP) is 3.38. The Morgan fingerprint density at radius 3 is 2.65 bits per heavy atom. The minimum absolute atomic E-state index is 0.0344. The molecule has 0 spiro atoms. The first kappa shape index (κ1) is 17.6. The zero-order chi connectivity index (χ0) is 18.1. The normalized spacial score (nSPS) is 22.7. The number of carbonyl (C=O) groups is 2. The van der Waals surface area contributed by atoms with Crippen molar-refractivity contribution in [3.63, 3.8) is 0 Å². The maximum Gasteiger partial charge on any atom is 0.240 e. The number of hydrogen-bond acceptors (Lipinski definition) is 5. The molecule has 2 atom stereocenters. The molecule has 1 aliphatic heterocycles. The van der Waals surface area contributed by atoms with Crippen molar-refractivity contribution < 1.29 is 9.59 Å². The van der Waals surface area contributed by atoms with Crippen LogP contribution in [0.1, 0.15) is 54.7 Å². The van der Waals surface area contributed by atoms with Crippen LogP contribution in [0.25, 0.3) is 10.2 Å². The lowest BCUT2D eigenvalue weighted by Crippen LogP contribution is -2.51. The summed E-state index contributed by atoms with van der Waals surface area (Å²) in [5, 5.41) is 0.502. The van der Waals surface area contributed by atoms with Crippen molar-refractivity contribution in [1.82, 2.24) is 9.88 Å². The van der Waals surface area contributed by atoms with E-state index in [4.69, 9.17) is 5.73 Å². The molecule has 138 valence electrons. The van der Waals surface area contributed by atoms with Crippen LogP contribution in [0, 0.1) is 5.92 Å². The van der Waals surface area contributed by atoms with E-state index in [1.165, 1.54) is 17.8 Å². The van der Waals surface area contributed by atoms with Gasteiger partial charge in [0.2, 0.25) is 11.7 Å². The Morgan fingerprint density at radius 1 is 1.12 bits per heavy atom. The van der Waals surface area contributed by atoms with Crippen LogP contribution in [0.5, 0.6) is 0 Å². The van der Waals surface area contributed by atoms with E-state index in [1.807, 2.05) is 24.3 Å². The summed E-state index contributed by atoms with van der Waals surface area (Å²) in [5.74, 6) is 0.178. The number of Topliss-reactive ketones (excluding diaryl/α,β-unsaturated/α-hetero) is 1. The molecule has 5 nitrogen and oxygen atoms in total. The second kappa shape index (κ2) is 7.45. The summed E-state index contributed by atoms with van der Waals surface area (Å²) in [6.07, 6.45) is 7.15. The van der Waals surface area contributed by atoms with Gasteiger partial charge in [-0.05, 0) is 43.7 Å². The highest BCUT2D eigenvalue weighted by atomic mass is 32.1. The van der Waals surface area contributed by atoms with E-state index in [1.54, 1.807) is 4.90 Å². The summed E-state index contributed by atoms with van der Waals surface area (Å²) in [5.41, 5.74) is 7.16. The van der Waals surface area contributed by atoms with Crippen molar-refractivity contribution in [3.05, 3.63) is 29.3 Å². The average Bonchev–Trinajstić information content (AvgIpc) is 3.34. The molecule has 2 fully saturated rings. The lowest BCUT2D eigenvalue weighted by molar-refractivity contribution is -0.134. The van der Waals surface area contributed by atoms with E-state index in [0.29, 0.717) is 18.0 Å². The number of ketones is 1. The largest absolute Gasteiger partial charge is 0.331 e. The highest BCUT2D eigenvalue weighted by Crippen LogP contribution is 2.30. The Labute approximate surface area is 157 Å². The van der Waals surface area contributed by atoms with E-state index in [-0.39, 0.29) is 17.6 Å². The van der Waals surface area contributed by atoms with Crippen LogP contribution < -0.4 is 5.73 Å². The summed E-state index contributed by atoms with van der Waals surface area (Å²) in [6.45, 7) is 0.626. The van der Waals surface area contributed by atoms with Crippen molar-refractivity contribution in [3.8, 4) is 0 Å². The number of nitrogens with zero attached hydrogens (tertiary/aromatic N) is 2. The second-order valence-corrected chi connectivity index (χ2v) is 8.50. The molecule has 0 unspecified atom stereocenters. The summed E-state index contributed by atoms with van der Waals surface area (Å²) in [4.78, 5) is 32.3. The Bertz CT molecular complexity index is 779. The van der Waals surface area contributed by atoms with Crippen molar-refractivity contribution >= 4 is 33.2 Å². The van der Waals surface area contributed by atoms with Gasteiger partial charge in [0.25, 0.3) is 0 Å². The molecule has 2 heterocycles. The number of hydrogen-bond donors (Lipinski definition) is 1. The lowest BCUT2D eigenvalue weighted by Gasteiger charge is -2.31. The summed E-state index contributed by atoms with van der Waals surface area (Å²) in [6, 6.07) is 6.88. The molecule has 2 N–H and O–H groups in total. The fourth-order valence-electron chi connectivity index (χ4n) is 4.31. The monoisotopic (exact) mass is 371 g/mol. The molecule has 1 aromatic heterocycles. The van der Waals surface area contributed by atoms with Crippen molar-refractivity contribution in [1.29, 1.82) is 0 Å². The van der Waals surface area contributed by atoms with Gasteiger partial charge in [0, 0.05) is 6.54 Å². The third-order valence-corrected chi connectivity index (χ3v) is 6.84. The summed E-state index contributed by atoms with van der Waals surface area (Å²) in [7, 11) is 0. The Balaban J connectivity index is 1.51. The smallest absolute Gasteiger partial charge is 0.240 e. The average molecular weight is 372 g/mol. The van der Waals surface area contributed by atoms with Gasteiger partial charge in [-0.15, -0.1) is 11.3 Å². The number of benzene rings is 1. The molecule has 2 aliphatic rings. The van der Waals surface area contributed by atoms with Crippen LogP contribution in [-0.2, 0) is 4.79 Å². The number of amides is 1. The van der Waals surface area contributed by atoms with Crippen molar-refractivity contribution in [2.24, 2.45) is 11.7 Å². The van der Waals surface area contributed by atoms with Gasteiger partial charge in [0.15, 0.2) is 5.01 Å². The number of aromatic nitrogens is 1. The van der Waals surface area contributed by atoms with E-state index in [2.05, 4.69) is 4.98 Å². The van der Waals surface area contributed by atoms with Gasteiger partial charge in [-0.25, -0.2) is 4.98 Å². The molecule has 4 rings (SSSR count). The zero-order valence-corrected chi connectivity index (χ0v) is 15.7. The molecule has 6 heteroatoms. The van der Waals surface area contributed by atoms with Gasteiger partial charge in [-0.3, -0.25) is 9.59 Å². The quantitative estimate of drug-likeness (QED) is 0.836. The third-order valence-electron chi connectivity index (χ3n) is 5.79. The van der Waals surface area contributed by atoms with E-state index >= 15 is 0 Å². The second-order valence-electron chi connectivity index (χ2n) is 7.46. The number of para-hydroxylation sites is 1. The molecule has 0 radical (unpaired) electrons. The number of nitrogens with two attached hydrogens (primary N) is 1. The van der Waals surface area contributed by atoms with Crippen LogP contribution in [0.2, 0.25) is 0 Å². The number of rotatable bonds is 4. The summed E-state index contributed by atoms with van der Waals surface area (Å²) < 4.78 is 1.01. The fraction of sp³-hybridized carbons (Fsp3) is 0.550. The topological polar surface area (TPSA) is 76.3 Å². The first-order valence-electron chi connectivity index (χ1n) is 9.61. The van der Waals surface area contributed by atoms with Crippen LogP contribution in [0.4, 0.5) is 0 Å².